The van der Waals surface area contributed by atoms with Gasteiger partial charge in [-0.25, -0.2) is 0 Å². The highest BCUT2D eigenvalue weighted by Crippen LogP contribution is 2.40. The van der Waals surface area contributed by atoms with Crippen LogP contribution in [-0.2, 0) is 20.9 Å². The molecule has 0 unspecified atom stereocenters. The summed E-state index contributed by atoms with van der Waals surface area (Å²) in [5.41, 5.74) is 3.22. The van der Waals surface area contributed by atoms with Gasteiger partial charge in [-0.15, -0.1) is 0 Å². The molecule has 0 bridgehead atoms. The predicted molar refractivity (Wildman–Crippen MR) is 136 cm³/mol. The predicted octanol–water partition coefficient (Wildman–Crippen LogP) is 4.74. The number of Topliss-reactive ketones (excluding diaryl/α,β-unsaturated/α-hetero) is 1. The number of hydrogen-bond donors (Lipinski definition) is 2. The molecule has 1 atom stereocenters. The van der Waals surface area contributed by atoms with Crippen LogP contribution in [0.1, 0.15) is 34.7 Å². The molecule has 1 amide bonds. The topological polar surface area (TPSA) is 96.3 Å². The number of ether oxygens (including phenoxy) is 2. The fourth-order valence-corrected chi connectivity index (χ4v) is 4.33. The molecular formula is C29H29NO6. The van der Waals surface area contributed by atoms with E-state index in [1.54, 1.807) is 43.5 Å². The van der Waals surface area contributed by atoms with Crippen LogP contribution in [0.5, 0.6) is 11.5 Å². The van der Waals surface area contributed by atoms with Crippen LogP contribution in [0.25, 0.3) is 5.76 Å². The Balaban J connectivity index is 1.62. The van der Waals surface area contributed by atoms with Gasteiger partial charge in [0.25, 0.3) is 11.7 Å². The van der Waals surface area contributed by atoms with Crippen LogP contribution in [0.3, 0.4) is 0 Å². The van der Waals surface area contributed by atoms with E-state index >= 15 is 0 Å². The Labute approximate surface area is 210 Å². The van der Waals surface area contributed by atoms with Gasteiger partial charge in [0, 0.05) is 25.8 Å². The van der Waals surface area contributed by atoms with Crippen molar-refractivity contribution in [2.75, 3.05) is 20.3 Å². The normalized spacial score (nSPS) is 16.9. The van der Waals surface area contributed by atoms with Gasteiger partial charge in [0.05, 0.1) is 11.6 Å². The molecule has 0 aliphatic carbocycles. The van der Waals surface area contributed by atoms with E-state index in [2.05, 4.69) is 6.07 Å². The largest absolute Gasteiger partial charge is 0.508 e. The Kier molecular flexibility index (Phi) is 7.71. The van der Waals surface area contributed by atoms with Crippen molar-refractivity contribution in [1.29, 1.82) is 0 Å². The fourth-order valence-electron chi connectivity index (χ4n) is 4.33. The van der Waals surface area contributed by atoms with Crippen molar-refractivity contribution in [3.8, 4) is 11.5 Å². The monoisotopic (exact) mass is 487 g/mol. The van der Waals surface area contributed by atoms with Crippen molar-refractivity contribution >= 4 is 17.4 Å². The first kappa shape index (κ1) is 25.0. The molecule has 1 aliphatic heterocycles. The third-order valence-electron chi connectivity index (χ3n) is 6.11. The SMILES string of the molecule is COCCCN1C(=O)C(=O)/C(=C(/O)c2ccc(OCc3cccc(C)c3)cc2)[C@@H]1c1ccc(O)cc1. The molecular weight excluding hydrogens is 458 g/mol. The summed E-state index contributed by atoms with van der Waals surface area (Å²) in [6.07, 6.45) is 0.533. The smallest absolute Gasteiger partial charge is 0.295 e. The molecule has 36 heavy (non-hydrogen) atoms. The Hall–Kier alpha value is -4.10. The number of likely N-dealkylation sites (tertiary alicyclic amines) is 1. The highest BCUT2D eigenvalue weighted by atomic mass is 16.5. The van der Waals surface area contributed by atoms with Gasteiger partial charge in [0.15, 0.2) is 0 Å². The van der Waals surface area contributed by atoms with Crippen LogP contribution in [0, 0.1) is 6.92 Å². The molecule has 0 spiro atoms. The molecule has 4 rings (SSSR count). The van der Waals surface area contributed by atoms with Crippen LogP contribution in [0.4, 0.5) is 0 Å². The highest BCUT2D eigenvalue weighted by molar-refractivity contribution is 6.46. The van der Waals surface area contributed by atoms with Crippen molar-refractivity contribution in [3.05, 3.63) is 101 Å². The van der Waals surface area contributed by atoms with Gasteiger partial charge in [-0.2, -0.15) is 0 Å². The second kappa shape index (κ2) is 11.1. The summed E-state index contributed by atoms with van der Waals surface area (Å²) in [6.45, 7) is 3.13. The molecule has 1 fully saturated rings. The number of rotatable bonds is 9. The maximum absolute atomic E-state index is 13.1. The summed E-state index contributed by atoms with van der Waals surface area (Å²) in [5, 5.41) is 20.9. The number of aliphatic hydroxyl groups is 1. The molecule has 3 aromatic rings. The third kappa shape index (κ3) is 5.42. The first-order chi connectivity index (χ1) is 17.4. The number of phenolic OH excluding ortho intramolecular Hbond substituents is 1. The molecule has 186 valence electrons. The van der Waals surface area contributed by atoms with Crippen LogP contribution in [-0.4, -0.2) is 47.1 Å². The van der Waals surface area contributed by atoms with E-state index in [0.29, 0.717) is 36.5 Å². The number of carbonyl (C=O) groups is 2. The number of hydrogen-bond acceptors (Lipinski definition) is 6. The molecule has 1 heterocycles. The molecule has 1 saturated heterocycles. The first-order valence-corrected chi connectivity index (χ1v) is 11.7. The number of phenols is 1. The van der Waals surface area contributed by atoms with Gasteiger partial charge in [0.1, 0.15) is 23.9 Å². The lowest BCUT2D eigenvalue weighted by atomic mass is 9.95. The zero-order valence-corrected chi connectivity index (χ0v) is 20.3. The average molecular weight is 488 g/mol. The summed E-state index contributed by atoms with van der Waals surface area (Å²) >= 11 is 0. The molecule has 0 radical (unpaired) electrons. The summed E-state index contributed by atoms with van der Waals surface area (Å²) in [6, 6.07) is 20.3. The number of carbonyl (C=O) groups excluding carboxylic acids is 2. The number of aryl methyl sites for hydroxylation is 1. The van der Waals surface area contributed by atoms with Crippen LogP contribution in [0.15, 0.2) is 78.4 Å². The number of benzene rings is 3. The van der Waals surface area contributed by atoms with Gasteiger partial charge in [-0.1, -0.05) is 42.0 Å². The lowest BCUT2D eigenvalue weighted by Crippen LogP contribution is -2.31. The van der Waals surface area contributed by atoms with Crippen LogP contribution in [0.2, 0.25) is 0 Å². The summed E-state index contributed by atoms with van der Waals surface area (Å²) in [5.74, 6) is -1.00. The Bertz CT molecular complexity index is 1260. The zero-order valence-electron chi connectivity index (χ0n) is 20.3. The van der Waals surface area contributed by atoms with Crippen LogP contribution >= 0.6 is 0 Å². The van der Waals surface area contributed by atoms with E-state index in [9.17, 15) is 19.8 Å². The Morgan fingerprint density at radius 3 is 2.39 bits per heavy atom. The minimum absolute atomic E-state index is 0.0107. The molecule has 0 saturated carbocycles. The van der Waals surface area contributed by atoms with Crippen molar-refractivity contribution in [2.24, 2.45) is 0 Å². The van der Waals surface area contributed by atoms with E-state index in [1.807, 2.05) is 25.1 Å². The number of aromatic hydroxyl groups is 1. The minimum Gasteiger partial charge on any atom is -0.508 e. The van der Waals surface area contributed by atoms with E-state index in [0.717, 1.165) is 11.1 Å². The maximum Gasteiger partial charge on any atom is 0.295 e. The third-order valence-corrected chi connectivity index (χ3v) is 6.11. The van der Waals surface area contributed by atoms with Gasteiger partial charge in [0.2, 0.25) is 0 Å². The van der Waals surface area contributed by atoms with E-state index in [-0.39, 0.29) is 23.6 Å². The van der Waals surface area contributed by atoms with Gasteiger partial charge in [-0.3, -0.25) is 9.59 Å². The second-order valence-corrected chi connectivity index (χ2v) is 8.73. The molecule has 7 nitrogen and oxygen atoms in total. The van der Waals surface area contributed by atoms with Gasteiger partial charge >= 0.3 is 0 Å². The Morgan fingerprint density at radius 2 is 1.72 bits per heavy atom. The number of aliphatic hydroxyl groups excluding tert-OH is 1. The molecule has 3 aromatic carbocycles. The van der Waals surface area contributed by atoms with E-state index < -0.39 is 17.7 Å². The highest BCUT2D eigenvalue weighted by Gasteiger charge is 2.45. The van der Waals surface area contributed by atoms with Crippen molar-refractivity contribution in [2.45, 2.75) is 26.0 Å². The Morgan fingerprint density at radius 1 is 1.00 bits per heavy atom. The van der Waals surface area contributed by atoms with Crippen molar-refractivity contribution in [1.82, 2.24) is 4.90 Å². The fraction of sp³-hybridized carbons (Fsp3) is 0.241. The van der Waals surface area contributed by atoms with E-state index in [4.69, 9.17) is 9.47 Å². The van der Waals surface area contributed by atoms with Crippen LogP contribution < -0.4 is 4.74 Å². The standard InChI is InChI=1S/C29H29NO6/c1-19-5-3-6-20(17-19)18-36-24-13-9-22(10-14-24)27(32)25-26(21-7-11-23(31)12-8-21)30(15-4-16-35-2)29(34)28(25)33/h3,5-14,17,26,31-32H,4,15-16,18H2,1-2H3/b27-25+/t26-/m0/s1. The van der Waals surface area contributed by atoms with Crippen molar-refractivity contribution in [3.63, 3.8) is 0 Å². The van der Waals surface area contributed by atoms with Gasteiger partial charge < -0.3 is 24.6 Å². The van der Waals surface area contributed by atoms with Gasteiger partial charge in [-0.05, 0) is 60.9 Å². The summed E-state index contributed by atoms with van der Waals surface area (Å²) < 4.78 is 11.0. The summed E-state index contributed by atoms with van der Waals surface area (Å²) in [7, 11) is 1.57. The maximum atomic E-state index is 13.1. The minimum atomic E-state index is -0.778. The number of methoxy groups -OCH3 is 1. The summed E-state index contributed by atoms with van der Waals surface area (Å²) in [4.78, 5) is 27.4. The second-order valence-electron chi connectivity index (χ2n) is 8.73. The molecule has 2 N–H and O–H groups in total. The lowest BCUT2D eigenvalue weighted by Gasteiger charge is -2.25. The molecule has 1 aliphatic rings. The molecule has 0 aromatic heterocycles. The first-order valence-electron chi connectivity index (χ1n) is 11.7. The lowest BCUT2D eigenvalue weighted by molar-refractivity contribution is -0.140. The quantitative estimate of drug-likeness (QED) is 0.196. The number of amides is 1. The zero-order chi connectivity index (χ0) is 25.7. The average Bonchev–Trinajstić information content (AvgIpc) is 3.13. The number of nitrogens with zero attached hydrogens (tertiary/aromatic N) is 1. The van der Waals surface area contributed by atoms with Crippen molar-refractivity contribution < 1.29 is 29.3 Å². The van der Waals surface area contributed by atoms with E-state index in [1.165, 1.54) is 17.0 Å². The molecule has 7 heteroatoms. The number of ketones is 1.